The molecule has 3 rings (SSSR count). The van der Waals surface area contributed by atoms with E-state index in [2.05, 4.69) is 0 Å². The number of thiophene rings is 1. The summed E-state index contributed by atoms with van der Waals surface area (Å²) in [5, 5.41) is 2.02. The first-order valence-electron chi connectivity index (χ1n) is 5.32. The Morgan fingerprint density at radius 1 is 0.941 bits per heavy atom. The molecular weight excluding hydrogens is 233 g/mol. The summed E-state index contributed by atoms with van der Waals surface area (Å²) in [6.07, 6.45) is 1.88. The van der Waals surface area contributed by atoms with Gasteiger partial charge >= 0.3 is 0 Å². The van der Waals surface area contributed by atoms with Crippen LogP contribution in [0.15, 0.2) is 60.1 Å². The molecule has 1 aromatic carbocycles. The molecule has 2 heterocycles. The quantitative estimate of drug-likeness (QED) is 0.630. The maximum absolute atomic E-state index is 13.8. The van der Waals surface area contributed by atoms with Gasteiger partial charge in [-0.05, 0) is 35.7 Å². The lowest BCUT2D eigenvalue weighted by molar-refractivity contribution is 0.619. The fourth-order valence-electron chi connectivity index (χ4n) is 1.86. The highest BCUT2D eigenvalue weighted by molar-refractivity contribution is 7.13. The van der Waals surface area contributed by atoms with Gasteiger partial charge in [0.1, 0.15) is 5.82 Å². The highest BCUT2D eigenvalue weighted by atomic mass is 32.1. The SMILES string of the molecule is Fc1ccccc1-n1cccc1-c1cccs1. The summed E-state index contributed by atoms with van der Waals surface area (Å²) in [4.78, 5) is 1.14. The van der Waals surface area contributed by atoms with Gasteiger partial charge in [0.25, 0.3) is 0 Å². The van der Waals surface area contributed by atoms with Gasteiger partial charge < -0.3 is 4.57 Å². The van der Waals surface area contributed by atoms with E-state index in [-0.39, 0.29) is 5.82 Å². The van der Waals surface area contributed by atoms with Gasteiger partial charge in [0.05, 0.1) is 16.3 Å². The lowest BCUT2D eigenvalue weighted by Gasteiger charge is -2.08. The first kappa shape index (κ1) is 10.3. The Labute approximate surface area is 103 Å². The number of nitrogens with zero attached hydrogens (tertiary/aromatic N) is 1. The van der Waals surface area contributed by atoms with E-state index >= 15 is 0 Å². The standard InChI is InChI=1S/C14H10FNS/c15-11-5-1-2-6-12(11)16-9-3-7-13(16)14-8-4-10-17-14/h1-10H. The smallest absolute Gasteiger partial charge is 0.147 e. The van der Waals surface area contributed by atoms with Crippen molar-refractivity contribution >= 4 is 11.3 Å². The van der Waals surface area contributed by atoms with Gasteiger partial charge in [-0.15, -0.1) is 11.3 Å². The monoisotopic (exact) mass is 243 g/mol. The first-order chi connectivity index (χ1) is 8.36. The first-order valence-corrected chi connectivity index (χ1v) is 6.20. The summed E-state index contributed by atoms with van der Waals surface area (Å²) in [6, 6.07) is 14.8. The van der Waals surface area contributed by atoms with E-state index in [1.54, 1.807) is 23.5 Å². The second-order valence-electron chi connectivity index (χ2n) is 3.69. The van der Waals surface area contributed by atoms with Gasteiger partial charge in [-0.2, -0.15) is 0 Å². The summed E-state index contributed by atoms with van der Waals surface area (Å²) >= 11 is 1.65. The van der Waals surface area contributed by atoms with Crippen LogP contribution in [0.4, 0.5) is 4.39 Å². The highest BCUT2D eigenvalue weighted by Gasteiger charge is 2.09. The summed E-state index contributed by atoms with van der Waals surface area (Å²) in [6.45, 7) is 0. The molecule has 0 amide bonds. The Balaban J connectivity index is 2.17. The van der Waals surface area contributed by atoms with Crippen LogP contribution in [0, 0.1) is 5.82 Å². The van der Waals surface area contributed by atoms with Gasteiger partial charge in [0.15, 0.2) is 0 Å². The lowest BCUT2D eigenvalue weighted by Crippen LogP contribution is -1.97. The zero-order valence-electron chi connectivity index (χ0n) is 9.01. The minimum Gasteiger partial charge on any atom is -0.313 e. The molecule has 0 spiro atoms. The lowest BCUT2D eigenvalue weighted by atomic mass is 10.3. The summed E-state index contributed by atoms with van der Waals surface area (Å²) in [5.41, 5.74) is 1.60. The normalized spacial score (nSPS) is 10.6. The minimum absolute atomic E-state index is 0.207. The Bertz CT molecular complexity index is 625. The van der Waals surface area contributed by atoms with Crippen molar-refractivity contribution < 1.29 is 4.39 Å². The summed E-state index contributed by atoms with van der Waals surface area (Å²) in [5.74, 6) is -0.207. The average Bonchev–Trinajstić information content (AvgIpc) is 3.00. The predicted octanol–water partition coefficient (Wildman–Crippen LogP) is 4.34. The number of halogens is 1. The Kier molecular flexibility index (Phi) is 2.53. The molecule has 17 heavy (non-hydrogen) atoms. The van der Waals surface area contributed by atoms with Crippen molar-refractivity contribution in [1.29, 1.82) is 0 Å². The van der Waals surface area contributed by atoms with E-state index in [4.69, 9.17) is 0 Å². The molecule has 3 heteroatoms. The molecule has 3 aromatic rings. The molecule has 0 aliphatic heterocycles. The zero-order valence-corrected chi connectivity index (χ0v) is 9.82. The molecule has 0 atom stereocenters. The van der Waals surface area contributed by atoms with E-state index in [0.29, 0.717) is 5.69 Å². The maximum atomic E-state index is 13.8. The number of benzene rings is 1. The van der Waals surface area contributed by atoms with Crippen molar-refractivity contribution in [3.8, 4) is 16.3 Å². The van der Waals surface area contributed by atoms with Crippen LogP contribution >= 0.6 is 11.3 Å². The molecule has 0 aliphatic rings. The third kappa shape index (κ3) is 1.78. The van der Waals surface area contributed by atoms with Gasteiger partial charge in [0.2, 0.25) is 0 Å². The zero-order chi connectivity index (χ0) is 11.7. The maximum Gasteiger partial charge on any atom is 0.147 e. The molecule has 0 unspecified atom stereocenters. The van der Waals surface area contributed by atoms with Gasteiger partial charge in [0, 0.05) is 6.20 Å². The van der Waals surface area contributed by atoms with E-state index in [1.807, 2.05) is 46.5 Å². The highest BCUT2D eigenvalue weighted by Crippen LogP contribution is 2.28. The third-order valence-electron chi connectivity index (χ3n) is 2.63. The van der Waals surface area contributed by atoms with Crippen LogP contribution in [-0.4, -0.2) is 4.57 Å². The molecule has 0 radical (unpaired) electrons. The van der Waals surface area contributed by atoms with Gasteiger partial charge in [-0.1, -0.05) is 18.2 Å². The second kappa shape index (κ2) is 4.18. The molecule has 0 fully saturated rings. The third-order valence-corrected chi connectivity index (χ3v) is 3.53. The van der Waals surface area contributed by atoms with Gasteiger partial charge in [-0.3, -0.25) is 0 Å². The van der Waals surface area contributed by atoms with Crippen LogP contribution in [0.25, 0.3) is 16.3 Å². The Hall–Kier alpha value is -1.87. The van der Waals surface area contributed by atoms with Crippen LogP contribution in [0.3, 0.4) is 0 Å². The molecule has 0 aliphatic carbocycles. The predicted molar refractivity (Wildman–Crippen MR) is 69.0 cm³/mol. The largest absolute Gasteiger partial charge is 0.313 e. The topological polar surface area (TPSA) is 4.93 Å². The molecule has 84 valence electrons. The van der Waals surface area contributed by atoms with E-state index < -0.39 is 0 Å². The van der Waals surface area contributed by atoms with Gasteiger partial charge in [-0.25, -0.2) is 4.39 Å². The van der Waals surface area contributed by atoms with Crippen LogP contribution < -0.4 is 0 Å². The van der Waals surface area contributed by atoms with Crippen molar-refractivity contribution in [3.05, 3.63) is 65.9 Å². The number of hydrogen-bond donors (Lipinski definition) is 0. The van der Waals surface area contributed by atoms with Crippen LogP contribution in [0.2, 0.25) is 0 Å². The van der Waals surface area contributed by atoms with E-state index in [1.165, 1.54) is 6.07 Å². The fraction of sp³-hybridized carbons (Fsp3) is 0. The van der Waals surface area contributed by atoms with Crippen LogP contribution in [0.1, 0.15) is 0 Å². The molecule has 1 nitrogen and oxygen atoms in total. The van der Waals surface area contributed by atoms with Crippen molar-refractivity contribution in [3.63, 3.8) is 0 Å². The molecule has 0 saturated carbocycles. The second-order valence-corrected chi connectivity index (χ2v) is 4.64. The summed E-state index contributed by atoms with van der Waals surface area (Å²) < 4.78 is 15.6. The van der Waals surface area contributed by atoms with Crippen molar-refractivity contribution in [2.75, 3.05) is 0 Å². The molecule has 2 aromatic heterocycles. The summed E-state index contributed by atoms with van der Waals surface area (Å²) in [7, 11) is 0. The molecule has 0 saturated heterocycles. The molecular formula is C14H10FNS. The Morgan fingerprint density at radius 3 is 2.59 bits per heavy atom. The average molecular weight is 243 g/mol. The Morgan fingerprint density at radius 2 is 1.82 bits per heavy atom. The van der Waals surface area contributed by atoms with E-state index in [9.17, 15) is 4.39 Å². The van der Waals surface area contributed by atoms with E-state index in [0.717, 1.165) is 10.6 Å². The molecule has 0 bridgehead atoms. The fourth-order valence-corrected chi connectivity index (χ4v) is 2.61. The van der Waals surface area contributed by atoms with Crippen LogP contribution in [0.5, 0.6) is 0 Å². The number of aromatic nitrogens is 1. The number of para-hydroxylation sites is 1. The van der Waals surface area contributed by atoms with Crippen LogP contribution in [-0.2, 0) is 0 Å². The minimum atomic E-state index is -0.207. The van der Waals surface area contributed by atoms with Crippen molar-refractivity contribution in [1.82, 2.24) is 4.57 Å². The number of hydrogen-bond acceptors (Lipinski definition) is 1. The van der Waals surface area contributed by atoms with Crippen molar-refractivity contribution in [2.45, 2.75) is 0 Å². The molecule has 0 N–H and O–H groups in total. The van der Waals surface area contributed by atoms with Crippen molar-refractivity contribution in [2.24, 2.45) is 0 Å². The number of rotatable bonds is 2.